The van der Waals surface area contributed by atoms with Crippen molar-refractivity contribution in [2.24, 2.45) is 41.4 Å². The number of ether oxygens (including phenoxy) is 2. The van der Waals surface area contributed by atoms with Crippen LogP contribution < -0.4 is 0 Å². The summed E-state index contributed by atoms with van der Waals surface area (Å²) >= 11 is 0. The molecule has 6 heteroatoms. The molecule has 7 atom stereocenters. The molecule has 29 heavy (non-hydrogen) atoms. The van der Waals surface area contributed by atoms with Gasteiger partial charge in [0, 0.05) is 23.7 Å². The number of fused-ring (bicyclic) bond motifs is 9. The molecule has 0 aliphatic heterocycles. The zero-order chi connectivity index (χ0) is 20.1. The van der Waals surface area contributed by atoms with E-state index in [1.807, 2.05) is 12.2 Å². The number of rotatable bonds is 4. The van der Waals surface area contributed by atoms with Crippen molar-refractivity contribution in [1.82, 2.24) is 0 Å². The van der Waals surface area contributed by atoms with Gasteiger partial charge >= 0.3 is 11.9 Å². The van der Waals surface area contributed by atoms with Crippen LogP contribution in [0.5, 0.6) is 0 Å². The Bertz CT molecular complexity index is 761. The van der Waals surface area contributed by atoms with E-state index in [1.165, 1.54) is 19.3 Å². The van der Waals surface area contributed by atoms with Gasteiger partial charge in [-0.15, -0.1) is 0 Å². The van der Waals surface area contributed by atoms with E-state index in [-0.39, 0.29) is 47.3 Å². The van der Waals surface area contributed by atoms with Crippen LogP contribution in [0.25, 0.3) is 0 Å². The summed E-state index contributed by atoms with van der Waals surface area (Å²) in [5.41, 5.74) is 0. The molecule has 0 radical (unpaired) electrons. The van der Waals surface area contributed by atoms with E-state index < -0.39 is 30.4 Å². The summed E-state index contributed by atoms with van der Waals surface area (Å²) in [6, 6.07) is 0. The molecule has 0 heterocycles. The average Bonchev–Trinajstić information content (AvgIpc) is 3.38. The van der Waals surface area contributed by atoms with Crippen molar-refractivity contribution >= 4 is 23.5 Å². The van der Waals surface area contributed by atoms with Gasteiger partial charge in [0.15, 0.2) is 6.61 Å². The number of hydrogen-bond donors (Lipinski definition) is 0. The largest absolute Gasteiger partial charge is 0.460 e. The van der Waals surface area contributed by atoms with E-state index >= 15 is 0 Å². The van der Waals surface area contributed by atoms with Gasteiger partial charge in [0.2, 0.25) is 0 Å². The van der Waals surface area contributed by atoms with Gasteiger partial charge < -0.3 is 9.47 Å². The van der Waals surface area contributed by atoms with Crippen molar-refractivity contribution in [3.8, 4) is 0 Å². The molecule has 0 aromatic heterocycles. The van der Waals surface area contributed by atoms with E-state index in [4.69, 9.17) is 9.47 Å². The summed E-state index contributed by atoms with van der Waals surface area (Å²) < 4.78 is 10.8. The second kappa shape index (κ2) is 7.37. The fourth-order valence-electron chi connectivity index (χ4n) is 6.77. The fraction of sp³-hybridized carbons (Fsp3) is 0.739. The summed E-state index contributed by atoms with van der Waals surface area (Å²) in [6.45, 7) is -0.392. The lowest BCUT2D eigenvalue weighted by atomic mass is 9.69. The highest BCUT2D eigenvalue weighted by atomic mass is 16.6. The lowest BCUT2D eigenvalue weighted by Gasteiger charge is -2.33. The highest BCUT2D eigenvalue weighted by Crippen LogP contribution is 2.64. The Labute approximate surface area is 170 Å². The number of carbonyl (C=O) groups is 4. The maximum atomic E-state index is 12.7. The first-order valence-electron chi connectivity index (χ1n) is 11.2. The molecule has 7 unspecified atom stereocenters. The van der Waals surface area contributed by atoms with Crippen LogP contribution in [0.15, 0.2) is 12.2 Å². The third-order valence-corrected chi connectivity index (χ3v) is 7.96. The lowest BCUT2D eigenvalue weighted by molar-refractivity contribution is -0.166. The molecule has 4 bridgehead atoms. The quantitative estimate of drug-likeness (QED) is 0.410. The summed E-state index contributed by atoms with van der Waals surface area (Å²) in [4.78, 5) is 50.0. The van der Waals surface area contributed by atoms with Gasteiger partial charge in [0.1, 0.15) is 17.7 Å². The molecule has 0 aromatic carbocycles. The highest BCUT2D eigenvalue weighted by Gasteiger charge is 2.69. The van der Waals surface area contributed by atoms with Crippen molar-refractivity contribution in [3.05, 3.63) is 12.2 Å². The Morgan fingerprint density at radius 3 is 2.28 bits per heavy atom. The number of ketones is 2. The second-order valence-corrected chi connectivity index (χ2v) is 9.44. The first-order valence-corrected chi connectivity index (χ1v) is 11.2. The standard InChI is InChI=1S/C23H28O6/c24-17(29-12-6-4-2-1-3-5-7-12)11-28-23(27)16-10-15-18-13-8-9-14(21(13)25)19(18)20(16)22(15)26/h8-9,12-16,18-20H,1-7,10-11H2. The molecule has 4 fully saturated rings. The summed E-state index contributed by atoms with van der Waals surface area (Å²) in [6.07, 6.45) is 11.7. The van der Waals surface area contributed by atoms with Crippen molar-refractivity contribution in [2.75, 3.05) is 6.61 Å². The Balaban J connectivity index is 1.16. The Kier molecular flexibility index (Phi) is 4.83. The first-order chi connectivity index (χ1) is 14.1. The molecule has 156 valence electrons. The van der Waals surface area contributed by atoms with Gasteiger partial charge in [-0.3, -0.25) is 14.4 Å². The third kappa shape index (κ3) is 3.06. The summed E-state index contributed by atoms with van der Waals surface area (Å²) in [5.74, 6) is -2.17. The molecule has 0 amide bonds. The minimum Gasteiger partial charge on any atom is -0.460 e. The van der Waals surface area contributed by atoms with Gasteiger partial charge in [0.25, 0.3) is 0 Å². The van der Waals surface area contributed by atoms with Crippen molar-refractivity contribution < 1.29 is 28.7 Å². The fourth-order valence-corrected chi connectivity index (χ4v) is 6.77. The molecule has 5 aliphatic rings. The van der Waals surface area contributed by atoms with Crippen molar-refractivity contribution in [2.45, 2.75) is 57.5 Å². The Hall–Kier alpha value is -1.98. The number of carbonyl (C=O) groups excluding carboxylic acids is 4. The molecule has 0 saturated heterocycles. The summed E-state index contributed by atoms with van der Waals surface area (Å²) in [5, 5.41) is 0. The van der Waals surface area contributed by atoms with Crippen LogP contribution in [0, 0.1) is 41.4 Å². The van der Waals surface area contributed by atoms with Crippen LogP contribution in [0.4, 0.5) is 0 Å². The molecule has 5 aliphatic carbocycles. The molecule has 6 nitrogen and oxygen atoms in total. The topological polar surface area (TPSA) is 86.7 Å². The third-order valence-electron chi connectivity index (χ3n) is 7.96. The number of Topliss-reactive ketones (excluding diaryl/α,β-unsaturated/α-hetero) is 2. The van der Waals surface area contributed by atoms with Crippen LogP contribution >= 0.6 is 0 Å². The molecule has 5 rings (SSSR count). The van der Waals surface area contributed by atoms with Crippen LogP contribution in [0.1, 0.15) is 51.4 Å². The molecular formula is C23H28O6. The van der Waals surface area contributed by atoms with Crippen LogP contribution in [0.2, 0.25) is 0 Å². The SMILES string of the molecule is O=C(COC(=O)C1CC2C(=O)C1C1C3C=CC(C3=O)C21)OC1CCCCCCC1. The maximum absolute atomic E-state index is 12.7. The monoisotopic (exact) mass is 400 g/mol. The van der Waals surface area contributed by atoms with Gasteiger partial charge in [-0.1, -0.05) is 31.4 Å². The number of allylic oxidation sites excluding steroid dienone is 2. The Morgan fingerprint density at radius 2 is 1.55 bits per heavy atom. The minimum atomic E-state index is -0.525. The summed E-state index contributed by atoms with van der Waals surface area (Å²) in [7, 11) is 0. The minimum absolute atomic E-state index is 0.0526. The van der Waals surface area contributed by atoms with Crippen LogP contribution in [-0.2, 0) is 28.7 Å². The van der Waals surface area contributed by atoms with Crippen LogP contribution in [-0.4, -0.2) is 36.2 Å². The van der Waals surface area contributed by atoms with Gasteiger partial charge in [0.05, 0.1) is 5.92 Å². The maximum Gasteiger partial charge on any atom is 0.344 e. The Morgan fingerprint density at radius 1 is 0.897 bits per heavy atom. The predicted molar refractivity (Wildman–Crippen MR) is 101 cm³/mol. The van der Waals surface area contributed by atoms with Gasteiger partial charge in [-0.25, -0.2) is 4.79 Å². The van der Waals surface area contributed by atoms with Crippen LogP contribution in [0.3, 0.4) is 0 Å². The lowest BCUT2D eigenvalue weighted by Crippen LogP contribution is -2.36. The van der Waals surface area contributed by atoms with E-state index in [1.54, 1.807) is 0 Å². The average molecular weight is 400 g/mol. The van der Waals surface area contributed by atoms with Crippen molar-refractivity contribution in [3.63, 3.8) is 0 Å². The number of esters is 2. The number of hydrogen-bond acceptors (Lipinski definition) is 6. The van der Waals surface area contributed by atoms with E-state index in [9.17, 15) is 19.2 Å². The highest BCUT2D eigenvalue weighted by molar-refractivity contribution is 6.01. The predicted octanol–water partition coefficient (Wildman–Crippen LogP) is 2.64. The molecule has 0 spiro atoms. The van der Waals surface area contributed by atoms with E-state index in [0.717, 1.165) is 25.7 Å². The zero-order valence-electron chi connectivity index (χ0n) is 16.6. The molecular weight excluding hydrogens is 372 g/mol. The second-order valence-electron chi connectivity index (χ2n) is 9.44. The van der Waals surface area contributed by atoms with E-state index in [2.05, 4.69) is 0 Å². The molecule has 0 aromatic rings. The molecule has 0 N–H and O–H groups in total. The van der Waals surface area contributed by atoms with Gasteiger partial charge in [-0.2, -0.15) is 0 Å². The van der Waals surface area contributed by atoms with E-state index in [0.29, 0.717) is 6.42 Å². The molecule has 4 saturated carbocycles. The zero-order valence-corrected chi connectivity index (χ0v) is 16.6. The smallest absolute Gasteiger partial charge is 0.344 e. The van der Waals surface area contributed by atoms with Gasteiger partial charge in [-0.05, 0) is 43.9 Å². The normalized spacial score (nSPS) is 40.6. The first kappa shape index (κ1) is 19.0. The van der Waals surface area contributed by atoms with Crippen molar-refractivity contribution in [1.29, 1.82) is 0 Å².